The van der Waals surface area contributed by atoms with Crippen LogP contribution in [-0.4, -0.2) is 50.1 Å². The van der Waals surface area contributed by atoms with Crippen molar-refractivity contribution in [2.75, 3.05) is 26.4 Å². The van der Waals surface area contributed by atoms with Gasteiger partial charge in [-0.05, 0) is 88.4 Å². The van der Waals surface area contributed by atoms with E-state index in [-0.39, 0.29) is 73.8 Å². The van der Waals surface area contributed by atoms with Crippen molar-refractivity contribution in [2.45, 2.75) is 130 Å². The van der Waals surface area contributed by atoms with Crippen LogP contribution in [0.2, 0.25) is 0 Å². The lowest BCUT2D eigenvalue weighted by Gasteiger charge is -2.29. The fourth-order valence-electron chi connectivity index (χ4n) is 7.94. The summed E-state index contributed by atoms with van der Waals surface area (Å²) in [4.78, 5) is 49.9. The summed E-state index contributed by atoms with van der Waals surface area (Å²) in [7, 11) is 0. The summed E-state index contributed by atoms with van der Waals surface area (Å²) in [6.45, 7) is 24.0. The Kier molecular flexibility index (Phi) is 14.2. The van der Waals surface area contributed by atoms with E-state index in [4.69, 9.17) is 41.9 Å². The molecule has 0 atom stereocenters. The fourth-order valence-corrected chi connectivity index (χ4v) is 7.94. The Morgan fingerprint density at radius 2 is 0.484 bits per heavy atom. The molecule has 5 rings (SSSR count). The van der Waals surface area contributed by atoms with E-state index in [1.165, 1.54) is 0 Å². The molecule has 0 heterocycles. The average molecular weight is 877 g/mol. The quantitative estimate of drug-likeness (QED) is 0.102. The number of rotatable bonds is 12. The number of carbonyl (C=O) groups is 4. The second-order valence-electron chi connectivity index (χ2n) is 21.2. The van der Waals surface area contributed by atoms with Gasteiger partial charge in [0, 0.05) is 25.7 Å². The first-order chi connectivity index (χ1) is 29.5. The Hall–Kier alpha value is -6.04. The Morgan fingerprint density at radius 1 is 0.344 bits per heavy atom. The first kappa shape index (κ1) is 49.0. The van der Waals surface area contributed by atoms with Crippen LogP contribution in [0, 0.1) is 0 Å². The van der Waals surface area contributed by atoms with E-state index in [9.17, 15) is 19.2 Å². The number of hydrogen-bond donors (Lipinski definition) is 4. The number of ether oxygens (including phenoxy) is 4. The van der Waals surface area contributed by atoms with Crippen LogP contribution in [-0.2, 0) is 66.5 Å². The van der Waals surface area contributed by atoms with Gasteiger partial charge in [0.15, 0.2) is 26.4 Å². The van der Waals surface area contributed by atoms with Crippen LogP contribution >= 0.6 is 0 Å². The summed E-state index contributed by atoms with van der Waals surface area (Å²) in [5, 5.41) is 0. The van der Waals surface area contributed by atoms with Gasteiger partial charge >= 0.3 is 0 Å². The molecule has 4 aromatic rings. The van der Waals surface area contributed by atoms with Gasteiger partial charge in [0.05, 0.1) is 0 Å². The van der Waals surface area contributed by atoms with Gasteiger partial charge < -0.3 is 41.9 Å². The second-order valence-corrected chi connectivity index (χ2v) is 21.2. The highest BCUT2D eigenvalue weighted by Crippen LogP contribution is 2.44. The summed E-state index contributed by atoms with van der Waals surface area (Å²) in [6, 6.07) is 16.7. The van der Waals surface area contributed by atoms with Crippen molar-refractivity contribution in [3.63, 3.8) is 0 Å². The molecule has 0 saturated heterocycles. The van der Waals surface area contributed by atoms with Crippen LogP contribution in [0.5, 0.6) is 23.0 Å². The first-order valence-electron chi connectivity index (χ1n) is 21.8. The lowest BCUT2D eigenvalue weighted by atomic mass is 9.79. The van der Waals surface area contributed by atoms with E-state index in [0.29, 0.717) is 23.0 Å². The van der Waals surface area contributed by atoms with E-state index in [1.807, 2.05) is 0 Å². The molecule has 0 unspecified atom stereocenters. The molecule has 12 heteroatoms. The van der Waals surface area contributed by atoms with Crippen molar-refractivity contribution in [3.8, 4) is 23.0 Å². The van der Waals surface area contributed by atoms with Gasteiger partial charge in [-0.1, -0.05) is 132 Å². The maximum absolute atomic E-state index is 12.5. The number of hydrogen-bond acceptors (Lipinski definition) is 8. The maximum atomic E-state index is 12.5. The zero-order valence-electron chi connectivity index (χ0n) is 39.9. The van der Waals surface area contributed by atoms with Crippen LogP contribution in [0.4, 0.5) is 0 Å². The van der Waals surface area contributed by atoms with Gasteiger partial charge in [-0.25, -0.2) is 0 Å². The fraction of sp³-hybridized carbons (Fsp3) is 0.462. The molecule has 8 N–H and O–H groups in total. The number of nitrogens with two attached hydrogens (primary N) is 4. The van der Waals surface area contributed by atoms with Crippen molar-refractivity contribution < 1.29 is 38.1 Å². The Bertz CT molecular complexity index is 2020. The summed E-state index contributed by atoms with van der Waals surface area (Å²) in [5.74, 6) is -0.714. The molecule has 0 spiro atoms. The predicted octanol–water partition coefficient (Wildman–Crippen LogP) is 7.01. The van der Waals surface area contributed by atoms with Crippen molar-refractivity contribution >= 4 is 23.6 Å². The smallest absolute Gasteiger partial charge is 0.255 e. The average Bonchev–Trinajstić information content (AvgIpc) is 3.13. The number of amides is 4. The van der Waals surface area contributed by atoms with E-state index < -0.39 is 23.6 Å². The SMILES string of the molecule is CC(C)(C)c1cc2c(OCC(N)=O)c(c1)Cc1cc(C(C)(C)C)cc(c1OCC(N)=O)Cc1cc(C(C)(C)C)cc(c1OCC(N)=O)Cc1cc(C(C)(C)C)cc(c1OCC(N)=O)C2. The van der Waals surface area contributed by atoms with E-state index in [1.54, 1.807) is 0 Å². The molecule has 1 aliphatic rings. The maximum Gasteiger partial charge on any atom is 0.255 e. The summed E-state index contributed by atoms with van der Waals surface area (Å²) < 4.78 is 25.8. The zero-order chi connectivity index (χ0) is 47.7. The Morgan fingerprint density at radius 3 is 0.594 bits per heavy atom. The lowest BCUT2D eigenvalue weighted by molar-refractivity contribution is -0.120. The Labute approximate surface area is 378 Å². The minimum absolute atomic E-state index is 0.257. The van der Waals surface area contributed by atoms with Crippen molar-refractivity contribution in [3.05, 3.63) is 115 Å². The van der Waals surface area contributed by atoms with Gasteiger partial charge in [-0.15, -0.1) is 0 Å². The molecular formula is C52H68N4O8. The predicted molar refractivity (Wildman–Crippen MR) is 251 cm³/mol. The van der Waals surface area contributed by atoms with Crippen LogP contribution in [0.25, 0.3) is 0 Å². The normalized spacial score (nSPS) is 13.2. The van der Waals surface area contributed by atoms with Gasteiger partial charge in [0.2, 0.25) is 0 Å². The molecule has 0 saturated carbocycles. The molecule has 0 fully saturated rings. The molecule has 0 aromatic heterocycles. The van der Waals surface area contributed by atoms with Gasteiger partial charge in [0.25, 0.3) is 23.6 Å². The molecule has 4 amide bonds. The highest BCUT2D eigenvalue weighted by atomic mass is 16.5. The number of carbonyl (C=O) groups excluding carboxylic acids is 4. The van der Waals surface area contributed by atoms with Gasteiger partial charge in [0.1, 0.15) is 23.0 Å². The molecule has 1 aliphatic carbocycles. The number of fused-ring (bicyclic) bond motifs is 8. The van der Waals surface area contributed by atoms with Gasteiger partial charge in [-0.2, -0.15) is 0 Å². The molecule has 8 bridgehead atoms. The minimum Gasteiger partial charge on any atom is -0.483 e. The third kappa shape index (κ3) is 12.1. The van der Waals surface area contributed by atoms with Crippen molar-refractivity contribution in [2.24, 2.45) is 22.9 Å². The molecule has 344 valence electrons. The summed E-state index contributed by atoms with van der Waals surface area (Å²) in [5.41, 5.74) is 31.7. The number of benzene rings is 4. The van der Waals surface area contributed by atoms with E-state index in [2.05, 4.69) is 132 Å². The Balaban J connectivity index is 2.05. The zero-order valence-corrected chi connectivity index (χ0v) is 39.9. The van der Waals surface area contributed by atoms with Crippen molar-refractivity contribution in [1.29, 1.82) is 0 Å². The third-order valence-electron chi connectivity index (χ3n) is 11.4. The van der Waals surface area contributed by atoms with Crippen LogP contribution in [0.1, 0.15) is 150 Å². The highest BCUT2D eigenvalue weighted by Gasteiger charge is 2.30. The van der Waals surface area contributed by atoms with Crippen LogP contribution in [0.15, 0.2) is 48.5 Å². The topological polar surface area (TPSA) is 209 Å². The van der Waals surface area contributed by atoms with Crippen LogP contribution < -0.4 is 41.9 Å². The second kappa shape index (κ2) is 18.6. The molecule has 0 aliphatic heterocycles. The van der Waals surface area contributed by atoms with Crippen LogP contribution in [0.3, 0.4) is 0 Å². The largest absolute Gasteiger partial charge is 0.483 e. The summed E-state index contributed by atoms with van der Waals surface area (Å²) >= 11 is 0. The lowest BCUT2D eigenvalue weighted by Crippen LogP contribution is -2.24. The van der Waals surface area contributed by atoms with E-state index >= 15 is 0 Å². The van der Waals surface area contributed by atoms with Gasteiger partial charge in [-0.3, -0.25) is 19.2 Å². The highest BCUT2D eigenvalue weighted by molar-refractivity contribution is 5.77. The molecule has 0 radical (unpaired) electrons. The minimum atomic E-state index is -0.644. The van der Waals surface area contributed by atoms with Crippen molar-refractivity contribution in [1.82, 2.24) is 0 Å². The third-order valence-corrected chi connectivity index (χ3v) is 11.4. The first-order valence-corrected chi connectivity index (χ1v) is 21.8. The standard InChI is InChI=1S/C52H68N4O8/c1-49(2,3)37-17-29-13-31-19-38(50(4,5)6)21-33(46(31)62-26-42(54)58)15-35-23-40(52(10,11)12)24-36(48(35)64-28-44(56)60)16-34-22-39(51(7,8)9)20-32(47(34)63-27-43(55)59)14-30(18-37)45(29)61-25-41(53)57/h17-24H,13-16,25-28H2,1-12H3,(H2,53,57)(H2,54,58)(H2,55,59)(H2,56,60). The monoisotopic (exact) mass is 877 g/mol. The summed E-state index contributed by atoms with van der Waals surface area (Å²) in [6.07, 6.45) is 1.03. The molecule has 12 nitrogen and oxygen atoms in total. The number of primary amides is 4. The molecule has 64 heavy (non-hydrogen) atoms. The molecular weight excluding hydrogens is 809 g/mol. The molecule has 4 aromatic carbocycles. The van der Waals surface area contributed by atoms with E-state index in [0.717, 1.165) is 66.8 Å².